The maximum absolute atomic E-state index is 13.1. The molecule has 1 saturated carbocycles. The number of benzene rings is 2. The molecule has 146 valence electrons. The van der Waals surface area contributed by atoms with Gasteiger partial charge in [0.15, 0.2) is 0 Å². The number of amides is 1. The van der Waals surface area contributed by atoms with Crippen LogP contribution in [0.3, 0.4) is 0 Å². The average Bonchev–Trinajstić information content (AvgIpc) is 3.52. The van der Waals surface area contributed by atoms with Gasteiger partial charge < -0.3 is 10.0 Å². The van der Waals surface area contributed by atoms with Gasteiger partial charge >= 0.3 is 5.97 Å². The summed E-state index contributed by atoms with van der Waals surface area (Å²) in [6.45, 7) is 0.967. The smallest absolute Gasteiger partial charge is 0.309 e. The molecule has 1 amide bonds. The Morgan fingerprint density at radius 1 is 0.964 bits per heavy atom. The highest BCUT2D eigenvalue weighted by molar-refractivity contribution is 5.95. The van der Waals surface area contributed by atoms with E-state index >= 15 is 0 Å². The van der Waals surface area contributed by atoms with Crippen LogP contribution in [0.1, 0.15) is 42.5 Å². The van der Waals surface area contributed by atoms with Crippen molar-refractivity contribution < 1.29 is 19.1 Å². The maximum Gasteiger partial charge on any atom is 0.309 e. The van der Waals surface area contributed by atoms with E-state index in [9.17, 15) is 19.1 Å². The topological polar surface area (TPSA) is 57.6 Å². The molecular formula is C23H24FNO3. The number of aliphatic carboxylic acids is 1. The minimum absolute atomic E-state index is 0.0592. The zero-order valence-electron chi connectivity index (χ0n) is 15.7. The lowest BCUT2D eigenvalue weighted by molar-refractivity contribution is -0.152. The molecule has 0 radical (unpaired) electrons. The molecule has 2 aromatic rings. The normalized spacial score (nSPS) is 18.7. The van der Waals surface area contributed by atoms with Crippen LogP contribution in [0, 0.1) is 17.2 Å². The van der Waals surface area contributed by atoms with Crippen LogP contribution in [0.4, 0.5) is 4.39 Å². The van der Waals surface area contributed by atoms with E-state index in [1.165, 1.54) is 12.1 Å². The number of carboxylic acids is 1. The van der Waals surface area contributed by atoms with Crippen molar-refractivity contribution in [2.75, 3.05) is 13.1 Å². The Labute approximate surface area is 164 Å². The molecule has 28 heavy (non-hydrogen) atoms. The van der Waals surface area contributed by atoms with E-state index in [4.69, 9.17) is 0 Å². The van der Waals surface area contributed by atoms with Crippen molar-refractivity contribution in [3.8, 4) is 11.1 Å². The third kappa shape index (κ3) is 3.79. The van der Waals surface area contributed by atoms with E-state index in [1.54, 1.807) is 29.2 Å². The van der Waals surface area contributed by atoms with Crippen LogP contribution in [0.15, 0.2) is 48.5 Å². The molecule has 1 aliphatic heterocycles. The highest BCUT2D eigenvalue weighted by Gasteiger charge is 2.45. The van der Waals surface area contributed by atoms with Crippen LogP contribution in [0.5, 0.6) is 0 Å². The molecule has 5 heteroatoms. The summed E-state index contributed by atoms with van der Waals surface area (Å²) in [5.74, 6) is -0.497. The molecule has 4 nitrogen and oxygen atoms in total. The number of nitrogens with zero attached hydrogens (tertiary/aromatic N) is 1. The van der Waals surface area contributed by atoms with Crippen molar-refractivity contribution in [3.05, 3.63) is 59.9 Å². The molecule has 1 aliphatic carbocycles. The van der Waals surface area contributed by atoms with E-state index in [1.807, 2.05) is 12.1 Å². The first kappa shape index (κ1) is 18.7. The number of likely N-dealkylation sites (tertiary alicyclic amines) is 1. The van der Waals surface area contributed by atoms with Crippen LogP contribution >= 0.6 is 0 Å². The lowest BCUT2D eigenvalue weighted by atomic mass is 9.74. The summed E-state index contributed by atoms with van der Waals surface area (Å²) in [7, 11) is 0. The zero-order valence-corrected chi connectivity index (χ0v) is 15.7. The van der Waals surface area contributed by atoms with Crippen LogP contribution in [0.2, 0.25) is 0 Å². The van der Waals surface area contributed by atoms with Gasteiger partial charge in [-0.15, -0.1) is 0 Å². The van der Waals surface area contributed by atoms with E-state index in [0.717, 1.165) is 30.4 Å². The molecule has 0 unspecified atom stereocenters. The first-order valence-corrected chi connectivity index (χ1v) is 9.86. The quantitative estimate of drug-likeness (QED) is 0.823. The van der Waals surface area contributed by atoms with Crippen LogP contribution in [-0.2, 0) is 4.79 Å². The Morgan fingerprint density at radius 2 is 1.50 bits per heavy atom. The van der Waals surface area contributed by atoms with Crippen molar-refractivity contribution in [2.24, 2.45) is 11.3 Å². The van der Waals surface area contributed by atoms with E-state index < -0.39 is 11.4 Å². The fraction of sp³-hybridized carbons (Fsp3) is 0.391. The fourth-order valence-electron chi connectivity index (χ4n) is 4.15. The molecule has 2 fully saturated rings. The van der Waals surface area contributed by atoms with Crippen LogP contribution in [-0.4, -0.2) is 35.0 Å². The van der Waals surface area contributed by atoms with Gasteiger partial charge in [0.1, 0.15) is 5.82 Å². The molecule has 2 aromatic carbocycles. The molecule has 1 heterocycles. The Balaban J connectivity index is 1.42. The van der Waals surface area contributed by atoms with Crippen molar-refractivity contribution in [3.63, 3.8) is 0 Å². The molecule has 4 rings (SSSR count). The van der Waals surface area contributed by atoms with E-state index in [2.05, 4.69) is 0 Å². The lowest BCUT2D eigenvalue weighted by Crippen LogP contribution is -2.46. The first-order valence-electron chi connectivity index (χ1n) is 9.86. The number of rotatable bonds is 5. The van der Waals surface area contributed by atoms with Gasteiger partial charge in [0.05, 0.1) is 5.41 Å². The predicted molar refractivity (Wildman–Crippen MR) is 104 cm³/mol. The molecule has 0 spiro atoms. The van der Waals surface area contributed by atoms with Gasteiger partial charge in [-0.05, 0) is 60.6 Å². The molecule has 0 bridgehead atoms. The van der Waals surface area contributed by atoms with Crippen LogP contribution < -0.4 is 0 Å². The molecule has 1 N–H and O–H groups in total. The lowest BCUT2D eigenvalue weighted by Gasteiger charge is -2.39. The predicted octanol–water partition coefficient (Wildman–Crippen LogP) is 4.60. The van der Waals surface area contributed by atoms with Gasteiger partial charge in [0, 0.05) is 18.7 Å². The molecule has 0 aromatic heterocycles. The Morgan fingerprint density at radius 3 is 2.00 bits per heavy atom. The van der Waals surface area contributed by atoms with Crippen LogP contribution in [0.25, 0.3) is 11.1 Å². The highest BCUT2D eigenvalue weighted by atomic mass is 19.1. The minimum Gasteiger partial charge on any atom is -0.481 e. The maximum atomic E-state index is 13.1. The number of hydrogen-bond donors (Lipinski definition) is 1. The fourth-order valence-corrected chi connectivity index (χ4v) is 4.15. The third-order valence-corrected chi connectivity index (χ3v) is 6.15. The van der Waals surface area contributed by atoms with E-state index in [0.29, 0.717) is 37.4 Å². The molecular weight excluding hydrogens is 357 g/mol. The van der Waals surface area contributed by atoms with E-state index in [-0.39, 0.29) is 11.7 Å². The first-order chi connectivity index (χ1) is 13.5. The molecule has 2 aliphatic rings. The Kier molecular flexibility index (Phi) is 4.92. The van der Waals surface area contributed by atoms with Crippen molar-refractivity contribution in [1.29, 1.82) is 0 Å². The summed E-state index contributed by atoms with van der Waals surface area (Å²) in [4.78, 5) is 26.5. The van der Waals surface area contributed by atoms with Crippen molar-refractivity contribution in [1.82, 2.24) is 4.90 Å². The highest BCUT2D eigenvalue weighted by Crippen LogP contribution is 2.46. The van der Waals surface area contributed by atoms with Gasteiger partial charge in [-0.1, -0.05) is 37.1 Å². The monoisotopic (exact) mass is 381 g/mol. The number of carbonyl (C=O) groups excluding carboxylic acids is 1. The second kappa shape index (κ2) is 7.38. The second-order valence-electron chi connectivity index (χ2n) is 8.11. The summed E-state index contributed by atoms with van der Waals surface area (Å²) in [6, 6.07) is 13.5. The van der Waals surface area contributed by atoms with Gasteiger partial charge in [-0.25, -0.2) is 4.39 Å². The molecule has 1 saturated heterocycles. The van der Waals surface area contributed by atoms with Gasteiger partial charge in [0.25, 0.3) is 5.91 Å². The summed E-state index contributed by atoms with van der Waals surface area (Å²) >= 11 is 0. The summed E-state index contributed by atoms with van der Waals surface area (Å²) in [5.41, 5.74) is 1.75. The largest absolute Gasteiger partial charge is 0.481 e. The molecule has 0 atom stereocenters. The zero-order chi connectivity index (χ0) is 19.7. The Bertz CT molecular complexity index is 864. The third-order valence-electron chi connectivity index (χ3n) is 6.15. The standard InChI is InChI=1S/C23H24FNO3/c24-20-9-7-18(8-10-20)17-3-5-19(6-4-17)21(26)25-13-11-23(12-14-25,22(27)28)15-16-1-2-16/h3-10,16H,1-2,11-15H2,(H,27,28). The summed E-state index contributed by atoms with van der Waals surface area (Å²) in [5, 5.41) is 9.74. The summed E-state index contributed by atoms with van der Waals surface area (Å²) in [6.07, 6.45) is 4.07. The number of hydrogen-bond acceptors (Lipinski definition) is 2. The average molecular weight is 381 g/mol. The number of halogens is 1. The summed E-state index contributed by atoms with van der Waals surface area (Å²) < 4.78 is 13.1. The number of piperidine rings is 1. The van der Waals surface area contributed by atoms with Gasteiger partial charge in [-0.2, -0.15) is 0 Å². The Hall–Kier alpha value is -2.69. The van der Waals surface area contributed by atoms with Crippen molar-refractivity contribution in [2.45, 2.75) is 32.1 Å². The van der Waals surface area contributed by atoms with Crippen molar-refractivity contribution >= 4 is 11.9 Å². The number of carboxylic acid groups (broad SMARTS) is 1. The minimum atomic E-state index is -0.713. The SMILES string of the molecule is O=C(c1ccc(-c2ccc(F)cc2)cc1)N1CCC(CC2CC2)(C(=O)O)CC1. The number of carbonyl (C=O) groups is 2. The second-order valence-corrected chi connectivity index (χ2v) is 8.11. The van der Waals surface area contributed by atoms with Gasteiger partial charge in [0.2, 0.25) is 0 Å². The van der Waals surface area contributed by atoms with Gasteiger partial charge in [-0.3, -0.25) is 9.59 Å².